The van der Waals surface area contributed by atoms with E-state index in [1.807, 2.05) is 38.1 Å². The van der Waals surface area contributed by atoms with E-state index in [-0.39, 0.29) is 34.7 Å². The highest BCUT2D eigenvalue weighted by Gasteiger charge is 2.42. The summed E-state index contributed by atoms with van der Waals surface area (Å²) in [6.07, 6.45) is 0.588. The SMILES string of the molecule is Cc1cc(NS(=O)(=O)c2ccc3c(c2)C2OCCC2C(c2ccc(C(=O)C(C)C)cc2)N3)ccc1F. The normalized spacial score (nSPS) is 21.0. The summed E-state index contributed by atoms with van der Waals surface area (Å²) >= 11 is 0. The molecule has 2 N–H and O–H groups in total. The van der Waals surface area contributed by atoms with Crippen molar-refractivity contribution in [1.82, 2.24) is 0 Å². The van der Waals surface area contributed by atoms with Gasteiger partial charge in [-0.3, -0.25) is 9.52 Å². The lowest BCUT2D eigenvalue weighted by Gasteiger charge is -2.36. The fourth-order valence-electron chi connectivity index (χ4n) is 5.06. The predicted octanol–water partition coefficient (Wildman–Crippen LogP) is 6.02. The molecule has 3 unspecified atom stereocenters. The Labute approximate surface area is 210 Å². The lowest BCUT2D eigenvalue weighted by Crippen LogP contribution is -2.29. The number of aryl methyl sites for hydroxylation is 1. The van der Waals surface area contributed by atoms with Crippen molar-refractivity contribution in [2.24, 2.45) is 11.8 Å². The molecule has 2 aliphatic rings. The molecule has 0 aliphatic carbocycles. The Morgan fingerprint density at radius 3 is 2.53 bits per heavy atom. The summed E-state index contributed by atoms with van der Waals surface area (Å²) in [6, 6.07) is 16.8. The Bertz CT molecular complexity index is 1420. The van der Waals surface area contributed by atoms with Gasteiger partial charge in [-0.1, -0.05) is 38.1 Å². The van der Waals surface area contributed by atoms with E-state index < -0.39 is 15.8 Å². The van der Waals surface area contributed by atoms with Crippen LogP contribution in [-0.4, -0.2) is 20.8 Å². The van der Waals surface area contributed by atoms with Crippen molar-refractivity contribution in [3.63, 3.8) is 0 Å². The molecule has 2 heterocycles. The van der Waals surface area contributed by atoms with Crippen molar-refractivity contribution in [3.8, 4) is 0 Å². The molecule has 1 saturated heterocycles. The second-order valence-corrected chi connectivity index (χ2v) is 11.5. The molecule has 0 saturated carbocycles. The molecule has 0 spiro atoms. The number of Topliss-reactive ketones (excluding diaryl/α,β-unsaturated/α-hetero) is 1. The van der Waals surface area contributed by atoms with Gasteiger partial charge < -0.3 is 10.1 Å². The Kier molecular flexibility index (Phi) is 6.34. The third-order valence-corrected chi connectivity index (χ3v) is 8.38. The van der Waals surface area contributed by atoms with Gasteiger partial charge in [0.25, 0.3) is 10.0 Å². The number of carbonyl (C=O) groups excluding carboxylic acids is 1. The van der Waals surface area contributed by atoms with Gasteiger partial charge in [-0.2, -0.15) is 0 Å². The number of ketones is 1. The third-order valence-electron chi connectivity index (χ3n) is 7.01. The zero-order chi connectivity index (χ0) is 25.6. The van der Waals surface area contributed by atoms with Crippen LogP contribution in [0, 0.1) is 24.6 Å². The van der Waals surface area contributed by atoms with E-state index >= 15 is 0 Å². The summed E-state index contributed by atoms with van der Waals surface area (Å²) < 4.78 is 48.4. The van der Waals surface area contributed by atoms with Crippen LogP contribution in [0.1, 0.15) is 59.5 Å². The number of ether oxygens (including phenoxy) is 1. The molecule has 0 aromatic heterocycles. The van der Waals surface area contributed by atoms with E-state index in [1.165, 1.54) is 18.2 Å². The van der Waals surface area contributed by atoms with E-state index in [9.17, 15) is 17.6 Å². The molecule has 188 valence electrons. The zero-order valence-electron chi connectivity index (χ0n) is 20.4. The van der Waals surface area contributed by atoms with Crippen LogP contribution in [0.25, 0.3) is 0 Å². The molecular weight excluding hydrogens is 479 g/mol. The lowest BCUT2D eigenvalue weighted by molar-refractivity contribution is 0.0827. The summed E-state index contributed by atoms with van der Waals surface area (Å²) in [5, 5.41) is 3.58. The Hall–Kier alpha value is -3.23. The number of rotatable bonds is 6. The first-order valence-electron chi connectivity index (χ1n) is 12.1. The number of nitrogens with one attached hydrogen (secondary N) is 2. The van der Waals surface area contributed by atoms with Gasteiger partial charge in [0, 0.05) is 40.9 Å². The van der Waals surface area contributed by atoms with E-state index in [4.69, 9.17) is 4.74 Å². The Balaban J connectivity index is 1.43. The summed E-state index contributed by atoms with van der Waals surface area (Å²) in [5.41, 5.74) is 4.05. The highest BCUT2D eigenvalue weighted by atomic mass is 32.2. The molecule has 0 amide bonds. The van der Waals surface area contributed by atoms with Crippen molar-refractivity contribution >= 4 is 27.2 Å². The van der Waals surface area contributed by atoms with Gasteiger partial charge in [-0.15, -0.1) is 0 Å². The smallest absolute Gasteiger partial charge is 0.261 e. The molecule has 1 fully saturated rings. The summed E-state index contributed by atoms with van der Waals surface area (Å²) in [4.78, 5) is 12.5. The van der Waals surface area contributed by atoms with Crippen LogP contribution >= 0.6 is 0 Å². The van der Waals surface area contributed by atoms with E-state index in [2.05, 4.69) is 10.0 Å². The molecular formula is C28H29FN2O4S. The van der Waals surface area contributed by atoms with Crippen molar-refractivity contribution < 1.29 is 22.3 Å². The highest BCUT2D eigenvalue weighted by Crippen LogP contribution is 2.50. The van der Waals surface area contributed by atoms with Gasteiger partial charge >= 0.3 is 0 Å². The Morgan fingerprint density at radius 1 is 1.08 bits per heavy atom. The highest BCUT2D eigenvalue weighted by molar-refractivity contribution is 7.92. The van der Waals surface area contributed by atoms with Gasteiger partial charge in [-0.25, -0.2) is 12.8 Å². The molecule has 6 nitrogen and oxygen atoms in total. The van der Waals surface area contributed by atoms with Crippen LogP contribution < -0.4 is 10.0 Å². The second-order valence-electron chi connectivity index (χ2n) is 9.83. The minimum Gasteiger partial charge on any atom is -0.378 e. The number of hydrogen-bond acceptors (Lipinski definition) is 5. The quantitative estimate of drug-likeness (QED) is 0.398. The number of carbonyl (C=O) groups is 1. The molecule has 8 heteroatoms. The minimum atomic E-state index is -3.88. The monoisotopic (exact) mass is 508 g/mol. The summed E-state index contributed by atoms with van der Waals surface area (Å²) in [6.45, 7) is 5.95. The number of hydrogen-bond donors (Lipinski definition) is 2. The fourth-order valence-corrected chi connectivity index (χ4v) is 6.14. The predicted molar refractivity (Wildman–Crippen MR) is 137 cm³/mol. The van der Waals surface area contributed by atoms with Crippen molar-refractivity contribution in [3.05, 3.63) is 88.7 Å². The van der Waals surface area contributed by atoms with Crippen LogP contribution in [-0.2, 0) is 14.8 Å². The number of anilines is 2. The molecule has 3 aromatic rings. The van der Waals surface area contributed by atoms with E-state index in [0.717, 1.165) is 23.2 Å². The minimum absolute atomic E-state index is 0.0176. The van der Waals surface area contributed by atoms with Gasteiger partial charge in [0.05, 0.1) is 17.0 Å². The number of halogens is 1. The molecule has 3 aromatic carbocycles. The van der Waals surface area contributed by atoms with Crippen LogP contribution in [0.3, 0.4) is 0 Å². The molecule has 0 bridgehead atoms. The average molecular weight is 509 g/mol. The van der Waals surface area contributed by atoms with Gasteiger partial charge in [0.15, 0.2) is 5.78 Å². The number of fused-ring (bicyclic) bond motifs is 3. The molecule has 3 atom stereocenters. The molecule has 5 rings (SSSR count). The van der Waals surface area contributed by atoms with E-state index in [0.29, 0.717) is 23.4 Å². The standard InChI is InChI=1S/C28H29FN2O4S/c1-16(2)27(32)19-6-4-18(5-7-19)26-22-12-13-35-28(22)23-15-21(9-11-25(23)30-26)36(33,34)31-20-8-10-24(29)17(3)14-20/h4-11,14-16,22,26,28,30-31H,12-13H2,1-3H3. The largest absolute Gasteiger partial charge is 0.378 e. The summed E-state index contributed by atoms with van der Waals surface area (Å²) in [5.74, 6) is -0.216. The number of sulfonamides is 1. The van der Waals surface area contributed by atoms with E-state index in [1.54, 1.807) is 25.1 Å². The Morgan fingerprint density at radius 2 is 1.83 bits per heavy atom. The molecule has 2 aliphatic heterocycles. The zero-order valence-corrected chi connectivity index (χ0v) is 21.2. The maximum absolute atomic E-state index is 13.6. The lowest BCUT2D eigenvalue weighted by atomic mass is 9.81. The molecule has 36 heavy (non-hydrogen) atoms. The van der Waals surface area contributed by atoms with Crippen LogP contribution in [0.4, 0.5) is 15.8 Å². The third kappa shape index (κ3) is 4.51. The van der Waals surface area contributed by atoms with Crippen molar-refractivity contribution in [1.29, 1.82) is 0 Å². The maximum Gasteiger partial charge on any atom is 0.261 e. The van der Waals surface area contributed by atoms with Crippen LogP contribution in [0.15, 0.2) is 65.6 Å². The van der Waals surface area contributed by atoms with Crippen LogP contribution in [0.5, 0.6) is 0 Å². The fraction of sp³-hybridized carbons (Fsp3) is 0.321. The van der Waals surface area contributed by atoms with Gasteiger partial charge in [-0.05, 0) is 60.9 Å². The average Bonchev–Trinajstić information content (AvgIpc) is 3.35. The molecule has 0 radical (unpaired) electrons. The van der Waals surface area contributed by atoms with Gasteiger partial charge in [0.2, 0.25) is 0 Å². The van der Waals surface area contributed by atoms with Crippen LogP contribution in [0.2, 0.25) is 0 Å². The summed E-state index contributed by atoms with van der Waals surface area (Å²) in [7, 11) is -3.88. The topological polar surface area (TPSA) is 84.5 Å². The van der Waals surface area contributed by atoms with Crippen molar-refractivity contribution in [2.75, 3.05) is 16.6 Å². The first kappa shape index (κ1) is 24.5. The first-order valence-corrected chi connectivity index (χ1v) is 13.6. The second kappa shape index (κ2) is 9.33. The number of benzene rings is 3. The van der Waals surface area contributed by atoms with Crippen molar-refractivity contribution in [2.45, 2.75) is 44.2 Å². The van der Waals surface area contributed by atoms with Gasteiger partial charge in [0.1, 0.15) is 5.82 Å². The first-order chi connectivity index (χ1) is 17.1. The maximum atomic E-state index is 13.6.